The van der Waals surface area contributed by atoms with Gasteiger partial charge in [-0.05, 0) is 55.4 Å². The zero-order valence-electron chi connectivity index (χ0n) is 28.1. The van der Waals surface area contributed by atoms with Gasteiger partial charge in [0, 0.05) is 11.0 Å². The van der Waals surface area contributed by atoms with Crippen molar-refractivity contribution in [3.8, 4) is 0 Å². The Morgan fingerprint density at radius 3 is 1.74 bits per heavy atom. The van der Waals surface area contributed by atoms with E-state index < -0.39 is 36.3 Å². The monoisotopic (exact) mass is 643 g/mol. The molecule has 242 valence electrons. The van der Waals surface area contributed by atoms with Crippen LogP contribution in [0.1, 0.15) is 55.5 Å². The van der Waals surface area contributed by atoms with Crippen LogP contribution in [0.2, 0.25) is 19.1 Å². The zero-order chi connectivity index (χ0) is 33.0. The van der Waals surface area contributed by atoms with Crippen molar-refractivity contribution in [2.45, 2.75) is 69.2 Å². The highest BCUT2D eigenvalue weighted by Crippen LogP contribution is 2.66. The van der Waals surface area contributed by atoms with Gasteiger partial charge in [-0.25, -0.2) is 0 Å². The Balaban J connectivity index is 1.36. The molecule has 0 N–H and O–H groups in total. The van der Waals surface area contributed by atoms with Crippen LogP contribution < -0.4 is 0 Å². The Kier molecular flexibility index (Phi) is 7.80. The summed E-state index contributed by atoms with van der Waals surface area (Å²) in [5.74, 6) is -0.930. The zero-order valence-corrected chi connectivity index (χ0v) is 29.1. The Morgan fingerprint density at radius 1 is 0.809 bits per heavy atom. The molecule has 0 aromatic heterocycles. The Labute approximate surface area is 279 Å². The first kappa shape index (κ1) is 31.6. The van der Waals surface area contributed by atoms with Crippen LogP contribution in [0.25, 0.3) is 0 Å². The topological polar surface area (TPSA) is 55.8 Å². The fourth-order valence-corrected chi connectivity index (χ4v) is 14.1. The summed E-state index contributed by atoms with van der Waals surface area (Å²) in [5.41, 5.74) is 2.75. The standard InChI is InChI=1S/C41H45NO4Si/c1-39(2,3)46-38(44)40-33(26-34(40)36-42(37(40)43)35(27-45-36)29-18-10-6-11-19-29)28-47(4,5)41(30-20-12-7-13-21-30,31-22-14-8-15-23-31)32-24-16-9-17-25-32/h6-25,33-36H,26-28H2,1-5H3/t33-,34-,35+,36+,40+/m0/s1. The van der Waals surface area contributed by atoms with Crippen LogP contribution in [0.4, 0.5) is 0 Å². The van der Waals surface area contributed by atoms with Crippen LogP contribution in [0.5, 0.6) is 0 Å². The number of ether oxygens (including phenoxy) is 2. The van der Waals surface area contributed by atoms with Gasteiger partial charge in [-0.3, -0.25) is 9.59 Å². The number of amides is 1. The average molecular weight is 644 g/mol. The minimum Gasteiger partial charge on any atom is -0.459 e. The summed E-state index contributed by atoms with van der Waals surface area (Å²) in [6.45, 7) is 11.0. The molecule has 0 unspecified atom stereocenters. The van der Waals surface area contributed by atoms with Crippen LogP contribution in [-0.4, -0.2) is 43.3 Å². The molecule has 4 aromatic carbocycles. The second-order valence-electron chi connectivity index (χ2n) is 15.2. The minimum absolute atomic E-state index is 0.126. The van der Waals surface area contributed by atoms with E-state index in [1.807, 2.05) is 56.0 Å². The molecule has 47 heavy (non-hydrogen) atoms. The summed E-state index contributed by atoms with van der Waals surface area (Å²) in [5, 5.41) is -0.433. The lowest BCUT2D eigenvalue weighted by Gasteiger charge is -2.55. The van der Waals surface area contributed by atoms with Gasteiger partial charge >= 0.3 is 5.97 Å². The molecule has 1 amide bonds. The lowest BCUT2D eigenvalue weighted by Crippen LogP contribution is -2.63. The number of hydrogen-bond donors (Lipinski definition) is 0. The van der Waals surface area contributed by atoms with Crippen LogP contribution >= 0.6 is 0 Å². The number of esters is 1. The van der Waals surface area contributed by atoms with E-state index >= 15 is 0 Å². The molecule has 1 aliphatic carbocycles. The Morgan fingerprint density at radius 2 is 1.28 bits per heavy atom. The van der Waals surface area contributed by atoms with Gasteiger partial charge in [0.1, 0.15) is 11.8 Å². The number of carbonyl (C=O) groups excluding carboxylic acids is 2. The summed E-state index contributed by atoms with van der Waals surface area (Å²) in [6, 6.07) is 43.0. The van der Waals surface area contributed by atoms with Crippen molar-refractivity contribution in [2.24, 2.45) is 17.3 Å². The van der Waals surface area contributed by atoms with E-state index in [1.165, 1.54) is 16.7 Å². The third-order valence-corrected chi connectivity index (χ3v) is 15.5. The third kappa shape index (κ3) is 4.83. The van der Waals surface area contributed by atoms with Crippen molar-refractivity contribution in [3.05, 3.63) is 144 Å². The number of carbonyl (C=O) groups is 2. The molecule has 3 fully saturated rings. The van der Waals surface area contributed by atoms with Crippen LogP contribution in [0, 0.1) is 17.3 Å². The number of fused-ring (bicyclic) bond motifs is 3. The highest BCUT2D eigenvalue weighted by Gasteiger charge is 2.77. The first-order valence-corrected chi connectivity index (χ1v) is 20.1. The first-order valence-electron chi connectivity index (χ1n) is 16.9. The first-order chi connectivity index (χ1) is 22.5. The third-order valence-electron chi connectivity index (χ3n) is 11.0. The van der Waals surface area contributed by atoms with Gasteiger partial charge in [-0.1, -0.05) is 140 Å². The van der Waals surface area contributed by atoms with Crippen molar-refractivity contribution in [1.29, 1.82) is 0 Å². The highest BCUT2D eigenvalue weighted by atomic mass is 28.3. The smallest absolute Gasteiger partial charge is 0.322 e. The van der Waals surface area contributed by atoms with Gasteiger partial charge in [-0.15, -0.1) is 0 Å². The summed E-state index contributed by atoms with van der Waals surface area (Å²) in [7, 11) is -2.52. The van der Waals surface area contributed by atoms with E-state index in [2.05, 4.69) is 104 Å². The lowest BCUT2D eigenvalue weighted by molar-refractivity contribution is -0.191. The van der Waals surface area contributed by atoms with E-state index in [0.29, 0.717) is 6.61 Å². The van der Waals surface area contributed by atoms with E-state index in [-0.39, 0.29) is 23.8 Å². The number of hydrogen-bond acceptors (Lipinski definition) is 4. The maximum Gasteiger partial charge on any atom is 0.322 e. The average Bonchev–Trinajstić information content (AvgIpc) is 3.56. The summed E-state index contributed by atoms with van der Waals surface area (Å²) < 4.78 is 12.6. The normalized spacial score (nSPS) is 25.6. The predicted octanol–water partition coefficient (Wildman–Crippen LogP) is 8.17. The van der Waals surface area contributed by atoms with Gasteiger partial charge in [0.05, 0.1) is 20.7 Å². The summed E-state index contributed by atoms with van der Waals surface area (Å²) >= 11 is 0. The Bertz CT molecular complexity index is 1640. The van der Waals surface area contributed by atoms with E-state index in [0.717, 1.165) is 18.0 Å². The second-order valence-corrected chi connectivity index (χ2v) is 20.1. The molecule has 5 nitrogen and oxygen atoms in total. The van der Waals surface area contributed by atoms with Gasteiger partial charge < -0.3 is 14.4 Å². The number of benzene rings is 4. The second kappa shape index (κ2) is 11.6. The fourth-order valence-electron chi connectivity index (χ4n) is 9.25. The maximum absolute atomic E-state index is 15.0. The molecule has 2 heterocycles. The Hall–Kier alpha value is -4.00. The molecule has 0 bridgehead atoms. The van der Waals surface area contributed by atoms with Crippen molar-refractivity contribution in [3.63, 3.8) is 0 Å². The maximum atomic E-state index is 15.0. The van der Waals surface area contributed by atoms with E-state index in [1.54, 1.807) is 0 Å². The van der Waals surface area contributed by atoms with Crippen molar-refractivity contribution in [2.75, 3.05) is 6.61 Å². The molecule has 1 saturated carbocycles. The molecular weight excluding hydrogens is 599 g/mol. The van der Waals surface area contributed by atoms with E-state index in [4.69, 9.17) is 9.47 Å². The van der Waals surface area contributed by atoms with Crippen LogP contribution in [0.15, 0.2) is 121 Å². The molecular formula is C41H45NO4Si. The fraction of sp³-hybridized carbons (Fsp3) is 0.366. The molecule has 2 aliphatic heterocycles. The van der Waals surface area contributed by atoms with Gasteiger partial charge in [0.15, 0.2) is 5.41 Å². The van der Waals surface area contributed by atoms with Crippen molar-refractivity contribution < 1.29 is 19.1 Å². The largest absolute Gasteiger partial charge is 0.459 e. The quantitative estimate of drug-likeness (QED) is 0.0841. The number of nitrogens with zero attached hydrogens (tertiary/aromatic N) is 1. The summed E-state index contributed by atoms with van der Waals surface area (Å²) in [4.78, 5) is 31.5. The molecule has 4 aromatic rings. The molecule has 3 aliphatic rings. The molecule has 5 atom stereocenters. The lowest BCUT2D eigenvalue weighted by atomic mass is 9.54. The molecule has 6 heteroatoms. The highest BCUT2D eigenvalue weighted by molar-refractivity contribution is 6.82. The molecule has 2 saturated heterocycles. The number of rotatable bonds is 8. The van der Waals surface area contributed by atoms with Gasteiger partial charge in [0.25, 0.3) is 0 Å². The van der Waals surface area contributed by atoms with Gasteiger partial charge in [0.2, 0.25) is 5.91 Å². The van der Waals surface area contributed by atoms with E-state index in [9.17, 15) is 9.59 Å². The molecule has 0 radical (unpaired) electrons. The van der Waals surface area contributed by atoms with Gasteiger partial charge in [-0.2, -0.15) is 0 Å². The van der Waals surface area contributed by atoms with Crippen molar-refractivity contribution >= 4 is 20.0 Å². The summed E-state index contributed by atoms with van der Waals surface area (Å²) in [6.07, 6.45) is 0.321. The van der Waals surface area contributed by atoms with Crippen LogP contribution in [-0.2, 0) is 24.1 Å². The van der Waals surface area contributed by atoms with Crippen LogP contribution in [0.3, 0.4) is 0 Å². The van der Waals surface area contributed by atoms with Crippen molar-refractivity contribution in [1.82, 2.24) is 4.90 Å². The minimum atomic E-state index is -2.52. The molecule has 7 rings (SSSR count). The SMILES string of the molecule is CC(C)(C)OC(=O)[C@@]12C(=O)N3[C@@H](c4ccccc4)CO[C@@H]3[C@@H]1C[C@H]2C[Si](C)(C)C(c1ccccc1)(c1ccccc1)c1ccccc1. The predicted molar refractivity (Wildman–Crippen MR) is 187 cm³/mol. The molecule has 0 spiro atoms.